The van der Waals surface area contributed by atoms with E-state index in [0.29, 0.717) is 0 Å². The van der Waals surface area contributed by atoms with Gasteiger partial charge < -0.3 is 20.3 Å². The second-order valence-corrected chi connectivity index (χ2v) is 8.81. The molecule has 34 heavy (non-hydrogen) atoms. The summed E-state index contributed by atoms with van der Waals surface area (Å²) in [6.07, 6.45) is -8.62. The highest BCUT2D eigenvalue weighted by Gasteiger charge is 2.33. The predicted octanol–water partition coefficient (Wildman–Crippen LogP) is 5.40. The van der Waals surface area contributed by atoms with E-state index in [0.717, 1.165) is 40.5 Å². The molecular formula is C25H21BrF3NO4. The lowest BCUT2D eigenvalue weighted by molar-refractivity contribution is -0.137. The molecule has 178 valence electrons. The van der Waals surface area contributed by atoms with Crippen molar-refractivity contribution in [2.45, 2.75) is 24.3 Å². The average molecular weight is 536 g/mol. The highest BCUT2D eigenvalue weighted by atomic mass is 79.9. The van der Waals surface area contributed by atoms with Gasteiger partial charge in [-0.2, -0.15) is 13.2 Å². The second kappa shape index (κ2) is 9.77. The normalized spacial score (nSPS) is 14.8. The molecule has 3 aromatic rings. The standard InChI is InChI=1S/C25H21BrF3NO4/c26-21-10-9-14(25(27,28)29)11-19(21)23(32)22(31)12-30-24(33)34-13-20-17-7-3-1-5-15(17)16-6-2-4-8-18(16)20/h1-11,20,22-23,31-32H,12-13H2,(H,30,33). The SMILES string of the molecule is O=C(NCC(O)C(O)c1cc(C(F)(F)F)ccc1Br)OCC1c2ccccc2-c2ccccc21. The first kappa shape index (κ1) is 24.3. The van der Waals surface area contributed by atoms with E-state index in [2.05, 4.69) is 21.2 Å². The van der Waals surface area contributed by atoms with E-state index in [1.807, 2.05) is 48.5 Å². The Labute approximate surface area is 202 Å². The van der Waals surface area contributed by atoms with Crippen molar-refractivity contribution in [2.24, 2.45) is 0 Å². The molecule has 4 rings (SSSR count). The topological polar surface area (TPSA) is 78.8 Å². The van der Waals surface area contributed by atoms with Crippen molar-refractivity contribution in [1.82, 2.24) is 5.32 Å². The molecule has 0 aromatic heterocycles. The molecule has 0 fully saturated rings. The van der Waals surface area contributed by atoms with Gasteiger partial charge in [0.1, 0.15) is 18.8 Å². The summed E-state index contributed by atoms with van der Waals surface area (Å²) >= 11 is 3.08. The average Bonchev–Trinajstić information content (AvgIpc) is 3.14. The minimum absolute atomic E-state index is 0.0671. The first-order valence-electron chi connectivity index (χ1n) is 10.5. The number of alkyl halides is 3. The Morgan fingerprint density at radius 2 is 1.59 bits per heavy atom. The van der Waals surface area contributed by atoms with Crippen LogP contribution in [-0.2, 0) is 10.9 Å². The van der Waals surface area contributed by atoms with Crippen LogP contribution in [0.15, 0.2) is 71.2 Å². The van der Waals surface area contributed by atoms with E-state index in [1.165, 1.54) is 0 Å². The maximum Gasteiger partial charge on any atom is 0.416 e. The lowest BCUT2D eigenvalue weighted by atomic mass is 9.98. The summed E-state index contributed by atoms with van der Waals surface area (Å²) in [5.41, 5.74) is 3.15. The van der Waals surface area contributed by atoms with Crippen molar-refractivity contribution in [3.05, 3.63) is 93.5 Å². The van der Waals surface area contributed by atoms with Crippen LogP contribution in [0.4, 0.5) is 18.0 Å². The van der Waals surface area contributed by atoms with E-state index < -0.39 is 36.6 Å². The molecule has 1 aliphatic carbocycles. The molecule has 2 atom stereocenters. The van der Waals surface area contributed by atoms with Gasteiger partial charge in [-0.3, -0.25) is 0 Å². The Morgan fingerprint density at radius 1 is 1.00 bits per heavy atom. The lowest BCUT2D eigenvalue weighted by Gasteiger charge is -2.21. The minimum atomic E-state index is -4.60. The fourth-order valence-corrected chi connectivity index (χ4v) is 4.58. The molecule has 0 bridgehead atoms. The number of hydrogen-bond acceptors (Lipinski definition) is 4. The summed E-state index contributed by atoms with van der Waals surface area (Å²) in [7, 11) is 0. The zero-order valence-electron chi connectivity index (χ0n) is 17.7. The largest absolute Gasteiger partial charge is 0.449 e. The Bertz CT molecular complexity index is 1160. The highest BCUT2D eigenvalue weighted by molar-refractivity contribution is 9.10. The van der Waals surface area contributed by atoms with Crippen molar-refractivity contribution in [3.8, 4) is 11.1 Å². The van der Waals surface area contributed by atoms with Crippen molar-refractivity contribution < 1.29 is 32.9 Å². The Kier molecular flexibility index (Phi) is 6.97. The van der Waals surface area contributed by atoms with Gasteiger partial charge in [-0.15, -0.1) is 0 Å². The Hall–Kier alpha value is -2.88. The van der Waals surface area contributed by atoms with Crippen molar-refractivity contribution >= 4 is 22.0 Å². The monoisotopic (exact) mass is 535 g/mol. The number of nitrogens with one attached hydrogen (secondary N) is 1. The number of carbonyl (C=O) groups is 1. The van der Waals surface area contributed by atoms with Crippen molar-refractivity contribution in [2.75, 3.05) is 13.2 Å². The molecule has 0 spiro atoms. The summed E-state index contributed by atoms with van der Waals surface area (Å²) in [6.45, 7) is -0.349. The quantitative estimate of drug-likeness (QED) is 0.394. The molecular weight excluding hydrogens is 515 g/mol. The summed E-state index contributed by atoms with van der Waals surface area (Å²) in [5, 5.41) is 23.0. The van der Waals surface area contributed by atoms with Gasteiger partial charge >= 0.3 is 12.3 Å². The van der Waals surface area contributed by atoms with Crippen LogP contribution in [0, 0.1) is 0 Å². The Morgan fingerprint density at radius 3 is 2.18 bits per heavy atom. The smallest absolute Gasteiger partial charge is 0.416 e. The van der Waals surface area contributed by atoms with Gasteiger partial charge in [0.15, 0.2) is 0 Å². The molecule has 0 saturated heterocycles. The zero-order chi connectivity index (χ0) is 24.5. The number of aliphatic hydroxyl groups is 2. The van der Waals surface area contributed by atoms with Crippen molar-refractivity contribution in [3.63, 3.8) is 0 Å². The number of rotatable bonds is 6. The number of benzene rings is 3. The third kappa shape index (κ3) is 4.96. The lowest BCUT2D eigenvalue weighted by Crippen LogP contribution is -2.36. The molecule has 2 unspecified atom stereocenters. The fourth-order valence-electron chi connectivity index (χ4n) is 4.10. The van der Waals surface area contributed by atoms with Crippen LogP contribution in [0.1, 0.15) is 34.3 Å². The van der Waals surface area contributed by atoms with Crippen molar-refractivity contribution in [1.29, 1.82) is 0 Å². The van der Waals surface area contributed by atoms with E-state index >= 15 is 0 Å². The van der Waals surface area contributed by atoms with E-state index in [1.54, 1.807) is 0 Å². The van der Waals surface area contributed by atoms with Crippen LogP contribution in [-0.4, -0.2) is 35.6 Å². The number of fused-ring (bicyclic) bond motifs is 3. The number of ether oxygens (including phenoxy) is 1. The van der Waals surface area contributed by atoms with Gasteiger partial charge in [0.25, 0.3) is 0 Å². The summed E-state index contributed by atoms with van der Waals surface area (Å²) in [4.78, 5) is 12.3. The van der Waals surface area contributed by atoms with Gasteiger partial charge in [0, 0.05) is 16.9 Å². The predicted molar refractivity (Wildman–Crippen MR) is 123 cm³/mol. The maximum atomic E-state index is 13.0. The number of amides is 1. The van der Waals surface area contributed by atoms with E-state index in [9.17, 15) is 28.2 Å². The van der Waals surface area contributed by atoms with Gasteiger partial charge in [-0.05, 0) is 46.0 Å². The van der Waals surface area contributed by atoms with Gasteiger partial charge in [-0.25, -0.2) is 4.79 Å². The van der Waals surface area contributed by atoms with Gasteiger partial charge in [-0.1, -0.05) is 64.5 Å². The van der Waals surface area contributed by atoms with Gasteiger partial charge in [0.05, 0.1) is 5.56 Å². The molecule has 1 aliphatic rings. The summed E-state index contributed by atoms with van der Waals surface area (Å²) in [5.74, 6) is -0.144. The molecule has 0 aliphatic heterocycles. The number of carbonyl (C=O) groups excluding carboxylic acids is 1. The molecule has 3 N–H and O–H groups in total. The first-order chi connectivity index (χ1) is 16.2. The minimum Gasteiger partial charge on any atom is -0.449 e. The summed E-state index contributed by atoms with van der Waals surface area (Å²) < 4.78 is 44.5. The fraction of sp³-hybridized carbons (Fsp3) is 0.240. The molecule has 0 saturated carbocycles. The third-order valence-corrected chi connectivity index (χ3v) is 6.53. The maximum absolute atomic E-state index is 13.0. The van der Waals surface area contributed by atoms with E-state index in [-0.39, 0.29) is 22.6 Å². The molecule has 9 heteroatoms. The van der Waals surface area contributed by atoms with Crippen LogP contribution < -0.4 is 5.32 Å². The molecule has 1 amide bonds. The number of aliphatic hydroxyl groups excluding tert-OH is 2. The molecule has 0 heterocycles. The Balaban J connectivity index is 1.36. The summed E-state index contributed by atoms with van der Waals surface area (Å²) in [6, 6.07) is 18.5. The van der Waals surface area contributed by atoms with Gasteiger partial charge in [0.2, 0.25) is 0 Å². The number of halogens is 4. The first-order valence-corrected chi connectivity index (χ1v) is 11.3. The molecule has 0 radical (unpaired) electrons. The van der Waals surface area contributed by atoms with E-state index in [4.69, 9.17) is 4.74 Å². The highest BCUT2D eigenvalue weighted by Crippen LogP contribution is 2.44. The third-order valence-electron chi connectivity index (χ3n) is 5.81. The van der Waals surface area contributed by atoms with Crippen LogP contribution in [0.5, 0.6) is 0 Å². The number of hydrogen-bond donors (Lipinski definition) is 3. The second-order valence-electron chi connectivity index (χ2n) is 7.95. The van der Waals surface area contributed by atoms with Crippen LogP contribution in [0.2, 0.25) is 0 Å². The molecule has 3 aromatic carbocycles. The van der Waals surface area contributed by atoms with Crippen LogP contribution >= 0.6 is 15.9 Å². The van der Waals surface area contributed by atoms with Crippen LogP contribution in [0.3, 0.4) is 0 Å². The number of alkyl carbamates (subject to hydrolysis) is 1. The zero-order valence-corrected chi connectivity index (χ0v) is 19.3. The molecule has 5 nitrogen and oxygen atoms in total. The van der Waals surface area contributed by atoms with Crippen LogP contribution in [0.25, 0.3) is 11.1 Å².